The number of hydrogen-bond donors (Lipinski definition) is 0. The molecule has 0 heterocycles. The normalized spacial score (nSPS) is 10.3. The Morgan fingerprint density at radius 1 is 1.07 bits per heavy atom. The number of alkyl halides is 3. The summed E-state index contributed by atoms with van der Waals surface area (Å²) in [5, 5.41) is 0. The summed E-state index contributed by atoms with van der Waals surface area (Å²) in [4.78, 5) is 0. The third-order valence-corrected chi connectivity index (χ3v) is 1.92. The van der Waals surface area contributed by atoms with Gasteiger partial charge >= 0.3 is 0 Å². The predicted octanol–water partition coefficient (Wildman–Crippen LogP) is 4.40. The Bertz CT molecular complexity index is 98.0. The molecule has 0 aliphatic carbocycles. The smallest absolute Gasteiger partial charge is 0.243 e. The van der Waals surface area contributed by atoms with Crippen molar-refractivity contribution in [2.45, 2.75) is 52.4 Å². The van der Waals surface area contributed by atoms with E-state index in [4.69, 9.17) is 0 Å². The van der Waals surface area contributed by atoms with Gasteiger partial charge in [0.2, 0.25) is 5.92 Å². The molecule has 4 heteroatoms. The number of hydrogen-bond acceptors (Lipinski definition) is 0. The van der Waals surface area contributed by atoms with E-state index in [1.54, 1.807) is 0 Å². The Labute approximate surface area is 111 Å². The maximum Gasteiger partial charge on any atom is 0.243 e. The van der Waals surface area contributed by atoms with Gasteiger partial charge in [0, 0.05) is 32.7 Å². The molecule has 0 spiro atoms. The molecular formula is C10H20F3Y-. The van der Waals surface area contributed by atoms with Gasteiger partial charge in [-0.05, 0) is 13.3 Å². The maximum absolute atomic E-state index is 12.3. The SMILES string of the molecule is CC[C-](CC)CCC(C)(F)F.CF.[Y]. The quantitative estimate of drug-likeness (QED) is 0.657. The largest absolute Gasteiger partial charge is 0.314 e. The molecule has 0 amide bonds. The molecule has 0 atom stereocenters. The standard InChI is InChI=1S/C9H17F2.CH3F.Y/c1-4-8(5-2)6-7-9(3,10)11;1-2;/h4-7H2,1-3H3;1H3;/q-1;;. The van der Waals surface area contributed by atoms with E-state index in [1.165, 1.54) is 5.92 Å². The Hall–Kier alpha value is 0.894. The minimum Gasteiger partial charge on any atom is -0.314 e. The molecule has 14 heavy (non-hydrogen) atoms. The van der Waals surface area contributed by atoms with E-state index in [0.29, 0.717) is 13.6 Å². The van der Waals surface area contributed by atoms with Crippen LogP contribution in [0.4, 0.5) is 13.2 Å². The van der Waals surface area contributed by atoms with Gasteiger partial charge in [0.05, 0.1) is 7.18 Å². The van der Waals surface area contributed by atoms with Gasteiger partial charge in [0.1, 0.15) is 0 Å². The molecular weight excluding hydrogens is 266 g/mol. The molecule has 0 unspecified atom stereocenters. The molecule has 0 aliphatic rings. The van der Waals surface area contributed by atoms with Crippen molar-refractivity contribution in [1.82, 2.24) is 0 Å². The summed E-state index contributed by atoms with van der Waals surface area (Å²) in [6, 6.07) is 0. The van der Waals surface area contributed by atoms with Gasteiger partial charge in [-0.2, -0.15) is 19.3 Å². The van der Waals surface area contributed by atoms with Crippen LogP contribution in [0.15, 0.2) is 0 Å². The van der Waals surface area contributed by atoms with E-state index in [2.05, 4.69) is 0 Å². The van der Waals surface area contributed by atoms with Crippen LogP contribution in [-0.4, -0.2) is 13.1 Å². The molecule has 0 aromatic carbocycles. The van der Waals surface area contributed by atoms with E-state index in [1.807, 2.05) is 13.8 Å². The molecule has 0 saturated heterocycles. The second kappa shape index (κ2) is 12.0. The summed E-state index contributed by atoms with van der Waals surface area (Å²) >= 11 is 0. The predicted molar refractivity (Wildman–Crippen MR) is 50.7 cm³/mol. The Morgan fingerprint density at radius 3 is 1.64 bits per heavy atom. The molecule has 0 aromatic heterocycles. The first-order valence-electron chi connectivity index (χ1n) is 4.58. The van der Waals surface area contributed by atoms with Crippen molar-refractivity contribution < 1.29 is 45.9 Å². The third kappa shape index (κ3) is 15.4. The fraction of sp³-hybridized carbons (Fsp3) is 0.900. The zero-order valence-corrected chi connectivity index (χ0v) is 12.4. The molecule has 0 aliphatic heterocycles. The first-order valence-corrected chi connectivity index (χ1v) is 4.58. The van der Waals surface area contributed by atoms with E-state index >= 15 is 0 Å². The minimum atomic E-state index is -2.49. The first kappa shape index (κ1) is 20.3. The molecule has 1 radical (unpaired) electrons. The maximum atomic E-state index is 12.3. The monoisotopic (exact) mass is 286 g/mol. The van der Waals surface area contributed by atoms with Crippen molar-refractivity contribution in [3.63, 3.8) is 0 Å². The average Bonchev–Trinajstić information content (AvgIpc) is 2.08. The van der Waals surface area contributed by atoms with Crippen LogP contribution in [0.1, 0.15) is 46.5 Å². The van der Waals surface area contributed by atoms with E-state index in [9.17, 15) is 13.2 Å². The molecule has 0 aromatic rings. The third-order valence-electron chi connectivity index (χ3n) is 1.92. The summed E-state index contributed by atoms with van der Waals surface area (Å²) in [6.07, 6.45) is 2.46. The second-order valence-corrected chi connectivity index (χ2v) is 3.03. The molecule has 0 saturated carbocycles. The van der Waals surface area contributed by atoms with Crippen molar-refractivity contribution in [3.05, 3.63) is 5.92 Å². The molecule has 85 valence electrons. The topological polar surface area (TPSA) is 0 Å². The Morgan fingerprint density at radius 2 is 1.43 bits per heavy atom. The summed E-state index contributed by atoms with van der Waals surface area (Å²) < 4.78 is 34.2. The van der Waals surface area contributed by atoms with Crippen molar-refractivity contribution >= 4 is 0 Å². The van der Waals surface area contributed by atoms with Gasteiger partial charge in [-0.25, -0.2) is 8.78 Å². The van der Waals surface area contributed by atoms with Gasteiger partial charge in [-0.3, -0.25) is 4.39 Å². The van der Waals surface area contributed by atoms with Gasteiger partial charge < -0.3 is 5.92 Å². The summed E-state index contributed by atoms with van der Waals surface area (Å²) in [5.74, 6) is -1.25. The van der Waals surface area contributed by atoms with Gasteiger partial charge in [-0.1, -0.05) is 13.8 Å². The van der Waals surface area contributed by atoms with Crippen molar-refractivity contribution in [3.8, 4) is 0 Å². The van der Waals surface area contributed by atoms with Crippen LogP contribution in [0, 0.1) is 5.92 Å². The molecule has 0 N–H and O–H groups in total. The van der Waals surface area contributed by atoms with Crippen LogP contribution in [0.5, 0.6) is 0 Å². The van der Waals surface area contributed by atoms with Crippen LogP contribution >= 0.6 is 0 Å². The molecule has 0 nitrogen and oxygen atoms in total. The summed E-state index contributed by atoms with van der Waals surface area (Å²) in [6.45, 7) is 5.02. The minimum absolute atomic E-state index is 0. The van der Waals surface area contributed by atoms with Crippen LogP contribution in [0.3, 0.4) is 0 Å². The first-order chi connectivity index (χ1) is 5.99. The van der Waals surface area contributed by atoms with Gasteiger partial charge in [0.15, 0.2) is 0 Å². The average molecular weight is 286 g/mol. The molecule has 0 rings (SSSR count). The van der Waals surface area contributed by atoms with E-state index < -0.39 is 5.92 Å². The van der Waals surface area contributed by atoms with Gasteiger partial charge in [0.25, 0.3) is 0 Å². The summed E-state index contributed by atoms with van der Waals surface area (Å²) in [7, 11) is 0.500. The number of rotatable bonds is 5. The van der Waals surface area contributed by atoms with E-state index in [-0.39, 0.29) is 39.1 Å². The summed E-state index contributed by atoms with van der Waals surface area (Å²) in [5.41, 5.74) is 0. The molecule has 0 bridgehead atoms. The van der Waals surface area contributed by atoms with Crippen LogP contribution in [-0.2, 0) is 32.7 Å². The van der Waals surface area contributed by atoms with Crippen molar-refractivity contribution in [2.75, 3.05) is 7.18 Å². The fourth-order valence-electron chi connectivity index (χ4n) is 1.000. The van der Waals surface area contributed by atoms with Gasteiger partial charge in [-0.15, -0.1) is 0 Å². The van der Waals surface area contributed by atoms with Crippen molar-refractivity contribution in [2.24, 2.45) is 0 Å². The van der Waals surface area contributed by atoms with E-state index in [0.717, 1.165) is 19.8 Å². The van der Waals surface area contributed by atoms with Crippen LogP contribution < -0.4 is 0 Å². The fourth-order valence-corrected chi connectivity index (χ4v) is 1.000. The zero-order valence-electron chi connectivity index (χ0n) is 9.54. The number of halogens is 3. The Kier molecular flexibility index (Phi) is 17.4. The van der Waals surface area contributed by atoms with Crippen LogP contribution in [0.2, 0.25) is 0 Å². The van der Waals surface area contributed by atoms with Crippen molar-refractivity contribution in [1.29, 1.82) is 0 Å². The van der Waals surface area contributed by atoms with Crippen LogP contribution in [0.25, 0.3) is 0 Å². The zero-order chi connectivity index (χ0) is 10.9. The molecule has 0 fully saturated rings. The Balaban J connectivity index is -0.000000376. The second-order valence-electron chi connectivity index (χ2n) is 3.03.